The van der Waals surface area contributed by atoms with Gasteiger partial charge < -0.3 is 4.90 Å². The van der Waals surface area contributed by atoms with Crippen molar-refractivity contribution in [2.45, 2.75) is 19.9 Å². The fourth-order valence-corrected chi connectivity index (χ4v) is 2.76. The SMILES string of the molecule is Cc1cc(Cl)ncc1N1CCc2ccccc2C1. The average Bonchev–Trinajstić information content (AvgIpc) is 2.38. The number of pyridine rings is 1. The number of fused-ring (bicyclic) bond motifs is 1. The first kappa shape index (κ1) is 11.5. The van der Waals surface area contributed by atoms with Crippen molar-refractivity contribution in [3.63, 3.8) is 0 Å². The standard InChI is InChI=1S/C15H15ClN2/c1-11-8-15(16)17-9-14(11)18-7-6-12-4-2-3-5-13(12)10-18/h2-5,8-9H,6-7,10H2,1H3. The summed E-state index contributed by atoms with van der Waals surface area (Å²) in [4.78, 5) is 6.57. The van der Waals surface area contributed by atoms with Gasteiger partial charge in [-0.25, -0.2) is 4.98 Å². The summed E-state index contributed by atoms with van der Waals surface area (Å²) in [6.45, 7) is 4.09. The smallest absolute Gasteiger partial charge is 0.129 e. The molecule has 0 spiro atoms. The van der Waals surface area contributed by atoms with Crippen LogP contribution >= 0.6 is 11.6 Å². The lowest BCUT2D eigenvalue weighted by molar-refractivity contribution is 0.728. The number of benzene rings is 1. The normalized spacial score (nSPS) is 14.4. The van der Waals surface area contributed by atoms with E-state index in [1.807, 2.05) is 12.3 Å². The van der Waals surface area contributed by atoms with Crippen molar-refractivity contribution in [2.24, 2.45) is 0 Å². The van der Waals surface area contributed by atoms with E-state index in [-0.39, 0.29) is 0 Å². The highest BCUT2D eigenvalue weighted by molar-refractivity contribution is 6.29. The first-order chi connectivity index (χ1) is 8.74. The number of halogens is 1. The van der Waals surface area contributed by atoms with E-state index in [9.17, 15) is 0 Å². The molecule has 3 rings (SSSR count). The first-order valence-corrected chi connectivity index (χ1v) is 6.56. The lowest BCUT2D eigenvalue weighted by Crippen LogP contribution is -2.30. The maximum Gasteiger partial charge on any atom is 0.129 e. The number of aromatic nitrogens is 1. The van der Waals surface area contributed by atoms with Gasteiger partial charge in [-0.2, -0.15) is 0 Å². The summed E-state index contributed by atoms with van der Waals surface area (Å²) in [6, 6.07) is 10.6. The third-order valence-electron chi connectivity index (χ3n) is 3.52. The number of aryl methyl sites for hydroxylation is 1. The van der Waals surface area contributed by atoms with Crippen molar-refractivity contribution in [3.05, 3.63) is 58.4 Å². The Morgan fingerprint density at radius 1 is 1.22 bits per heavy atom. The van der Waals surface area contributed by atoms with Crippen LogP contribution in [0.1, 0.15) is 16.7 Å². The highest BCUT2D eigenvalue weighted by Crippen LogP contribution is 2.27. The van der Waals surface area contributed by atoms with Gasteiger partial charge in [-0.3, -0.25) is 0 Å². The van der Waals surface area contributed by atoms with E-state index in [0.717, 1.165) is 19.5 Å². The molecule has 0 aliphatic carbocycles. The predicted octanol–water partition coefficient (Wildman–Crippen LogP) is 3.61. The minimum atomic E-state index is 0.564. The Morgan fingerprint density at radius 3 is 2.78 bits per heavy atom. The summed E-state index contributed by atoms with van der Waals surface area (Å²) in [5, 5.41) is 0.564. The van der Waals surface area contributed by atoms with Gasteiger partial charge >= 0.3 is 0 Å². The van der Waals surface area contributed by atoms with Crippen LogP contribution in [0.5, 0.6) is 0 Å². The number of hydrogen-bond donors (Lipinski definition) is 0. The molecule has 0 amide bonds. The van der Waals surface area contributed by atoms with Crippen LogP contribution in [0.4, 0.5) is 5.69 Å². The Balaban J connectivity index is 1.92. The molecule has 2 heterocycles. The quantitative estimate of drug-likeness (QED) is 0.727. The summed E-state index contributed by atoms with van der Waals surface area (Å²) in [7, 11) is 0. The molecule has 1 aromatic heterocycles. The van der Waals surface area contributed by atoms with E-state index < -0.39 is 0 Å². The summed E-state index contributed by atoms with van der Waals surface area (Å²) in [6.07, 6.45) is 2.98. The van der Waals surface area contributed by atoms with Gasteiger partial charge in [0.2, 0.25) is 0 Å². The third kappa shape index (κ3) is 2.08. The van der Waals surface area contributed by atoms with Crippen LogP contribution in [-0.2, 0) is 13.0 Å². The number of rotatable bonds is 1. The second-order valence-electron chi connectivity index (χ2n) is 4.73. The van der Waals surface area contributed by atoms with Crippen molar-refractivity contribution in [2.75, 3.05) is 11.4 Å². The molecule has 3 heteroatoms. The molecule has 0 unspecified atom stereocenters. The van der Waals surface area contributed by atoms with E-state index in [1.165, 1.54) is 22.4 Å². The zero-order valence-electron chi connectivity index (χ0n) is 10.4. The Bertz CT molecular complexity index is 580. The molecule has 0 fully saturated rings. The zero-order valence-corrected chi connectivity index (χ0v) is 11.1. The molecule has 92 valence electrons. The van der Waals surface area contributed by atoms with Crippen molar-refractivity contribution >= 4 is 17.3 Å². The number of anilines is 1. The highest BCUT2D eigenvalue weighted by atomic mass is 35.5. The average molecular weight is 259 g/mol. The molecule has 0 saturated carbocycles. The van der Waals surface area contributed by atoms with Gasteiger partial charge in [-0.1, -0.05) is 35.9 Å². The topological polar surface area (TPSA) is 16.1 Å². The second-order valence-corrected chi connectivity index (χ2v) is 5.12. The maximum atomic E-state index is 5.91. The van der Waals surface area contributed by atoms with E-state index in [4.69, 9.17) is 11.6 Å². The van der Waals surface area contributed by atoms with Gasteiger partial charge in [0.1, 0.15) is 5.15 Å². The molecule has 1 aromatic carbocycles. The van der Waals surface area contributed by atoms with Gasteiger partial charge in [0.15, 0.2) is 0 Å². The molecule has 0 N–H and O–H groups in total. The molecule has 0 atom stereocenters. The molecule has 2 aromatic rings. The van der Waals surface area contributed by atoms with Crippen LogP contribution in [0.2, 0.25) is 5.15 Å². The fourth-order valence-electron chi connectivity index (χ4n) is 2.55. The fraction of sp³-hybridized carbons (Fsp3) is 0.267. The Morgan fingerprint density at radius 2 is 2.00 bits per heavy atom. The molecule has 0 saturated heterocycles. The molecule has 0 bridgehead atoms. The van der Waals surface area contributed by atoms with Crippen LogP contribution in [-0.4, -0.2) is 11.5 Å². The van der Waals surface area contributed by atoms with Gasteiger partial charge in [-0.05, 0) is 36.1 Å². The second kappa shape index (κ2) is 4.62. The van der Waals surface area contributed by atoms with Crippen LogP contribution in [0.25, 0.3) is 0 Å². The van der Waals surface area contributed by atoms with Crippen molar-refractivity contribution in [1.82, 2.24) is 4.98 Å². The largest absolute Gasteiger partial charge is 0.365 e. The number of nitrogens with zero attached hydrogens (tertiary/aromatic N) is 2. The van der Waals surface area contributed by atoms with Gasteiger partial charge in [0.25, 0.3) is 0 Å². The van der Waals surface area contributed by atoms with E-state index in [0.29, 0.717) is 5.15 Å². The Hall–Kier alpha value is -1.54. The zero-order chi connectivity index (χ0) is 12.5. The monoisotopic (exact) mass is 258 g/mol. The number of hydrogen-bond acceptors (Lipinski definition) is 2. The summed E-state index contributed by atoms with van der Waals surface area (Å²) in [5.74, 6) is 0. The van der Waals surface area contributed by atoms with E-state index in [2.05, 4.69) is 41.1 Å². The van der Waals surface area contributed by atoms with E-state index >= 15 is 0 Å². The third-order valence-corrected chi connectivity index (χ3v) is 3.73. The van der Waals surface area contributed by atoms with E-state index in [1.54, 1.807) is 0 Å². The van der Waals surface area contributed by atoms with Crippen LogP contribution in [0.3, 0.4) is 0 Å². The summed E-state index contributed by atoms with van der Waals surface area (Å²) in [5.41, 5.74) is 5.26. The van der Waals surface area contributed by atoms with Crippen molar-refractivity contribution in [1.29, 1.82) is 0 Å². The molecule has 0 radical (unpaired) electrons. The lowest BCUT2D eigenvalue weighted by atomic mass is 9.99. The Labute approximate surface area is 112 Å². The van der Waals surface area contributed by atoms with Crippen molar-refractivity contribution < 1.29 is 0 Å². The first-order valence-electron chi connectivity index (χ1n) is 6.18. The molecular weight excluding hydrogens is 244 g/mol. The molecule has 18 heavy (non-hydrogen) atoms. The minimum Gasteiger partial charge on any atom is -0.365 e. The lowest BCUT2D eigenvalue weighted by Gasteiger charge is -2.31. The molecule has 1 aliphatic heterocycles. The molecule has 2 nitrogen and oxygen atoms in total. The van der Waals surface area contributed by atoms with Gasteiger partial charge in [-0.15, -0.1) is 0 Å². The van der Waals surface area contributed by atoms with Crippen LogP contribution < -0.4 is 4.90 Å². The predicted molar refractivity (Wildman–Crippen MR) is 75.2 cm³/mol. The maximum absolute atomic E-state index is 5.91. The Kier molecular flexibility index (Phi) is 2.96. The van der Waals surface area contributed by atoms with Crippen molar-refractivity contribution in [3.8, 4) is 0 Å². The van der Waals surface area contributed by atoms with Crippen LogP contribution in [0.15, 0.2) is 36.5 Å². The highest BCUT2D eigenvalue weighted by Gasteiger charge is 2.17. The van der Waals surface area contributed by atoms with Gasteiger partial charge in [0.05, 0.1) is 11.9 Å². The van der Waals surface area contributed by atoms with Crippen LogP contribution in [0, 0.1) is 6.92 Å². The molecular formula is C15H15ClN2. The van der Waals surface area contributed by atoms with Gasteiger partial charge in [0, 0.05) is 13.1 Å². The minimum absolute atomic E-state index is 0.564. The molecule has 1 aliphatic rings. The summed E-state index contributed by atoms with van der Waals surface area (Å²) >= 11 is 5.91. The summed E-state index contributed by atoms with van der Waals surface area (Å²) < 4.78 is 0.